The van der Waals surface area contributed by atoms with E-state index in [4.69, 9.17) is 23.8 Å². The Labute approximate surface area is 243 Å². The van der Waals surface area contributed by atoms with Crippen molar-refractivity contribution in [2.75, 3.05) is 13.7 Å². The molecular formula is C22H23F3N2NaO8PS. The average Bonchev–Trinajstić information content (AvgIpc) is 2.78. The first-order valence-electron chi connectivity index (χ1n) is 10.3. The number of benzene rings is 2. The number of halogens is 3. The van der Waals surface area contributed by atoms with Crippen LogP contribution in [0.2, 0.25) is 0 Å². The van der Waals surface area contributed by atoms with Gasteiger partial charge in [0.25, 0.3) is 5.56 Å². The van der Waals surface area contributed by atoms with Crippen molar-refractivity contribution in [2.45, 2.75) is 35.7 Å². The topological polar surface area (TPSA) is 129 Å². The number of rotatable bonds is 10. The van der Waals surface area contributed by atoms with Crippen molar-refractivity contribution in [1.29, 1.82) is 0 Å². The summed E-state index contributed by atoms with van der Waals surface area (Å²) < 4.78 is 69.0. The summed E-state index contributed by atoms with van der Waals surface area (Å²) in [6, 6.07) is 9.61. The van der Waals surface area contributed by atoms with Gasteiger partial charge < -0.3 is 25.4 Å². The second kappa shape index (κ2) is 12.9. The maximum atomic E-state index is 13.0. The minimum atomic E-state index is -4.81. The zero-order valence-corrected chi connectivity index (χ0v) is 24.3. The fourth-order valence-electron chi connectivity index (χ4n) is 3.01. The van der Waals surface area contributed by atoms with E-state index in [1.165, 1.54) is 62.2 Å². The summed E-state index contributed by atoms with van der Waals surface area (Å²) in [4.78, 5) is 35.7. The van der Waals surface area contributed by atoms with Crippen LogP contribution in [0.1, 0.15) is 15.3 Å². The van der Waals surface area contributed by atoms with Gasteiger partial charge in [-0.15, -0.1) is 13.2 Å². The van der Waals surface area contributed by atoms with Crippen LogP contribution in [0.5, 0.6) is 17.2 Å². The van der Waals surface area contributed by atoms with Crippen LogP contribution < -0.4 is 49.3 Å². The van der Waals surface area contributed by atoms with Crippen LogP contribution in [-0.4, -0.2) is 45.0 Å². The van der Waals surface area contributed by atoms with Crippen molar-refractivity contribution in [2.24, 2.45) is 0 Å². The van der Waals surface area contributed by atoms with Crippen LogP contribution >= 0.6 is 19.6 Å². The summed E-state index contributed by atoms with van der Waals surface area (Å²) in [7, 11) is -3.35. The Morgan fingerprint density at radius 2 is 1.76 bits per heavy atom. The van der Waals surface area contributed by atoms with E-state index in [9.17, 15) is 22.5 Å². The van der Waals surface area contributed by atoms with Crippen molar-refractivity contribution >= 4 is 19.6 Å². The molecule has 0 saturated carbocycles. The maximum absolute atomic E-state index is 13.0. The molecular weight excluding hydrogens is 563 g/mol. The Morgan fingerprint density at radius 3 is 2.34 bits per heavy atom. The summed E-state index contributed by atoms with van der Waals surface area (Å²) in [5.74, 6) is 0.0931. The number of hydrogen-bond acceptors (Lipinski definition) is 8. The number of ether oxygens (including phenoxy) is 3. The van der Waals surface area contributed by atoms with Crippen LogP contribution in [-0.2, 0) is 9.09 Å². The van der Waals surface area contributed by atoms with Crippen LogP contribution in [0, 0.1) is 0 Å². The molecule has 3 aromatic rings. The summed E-state index contributed by atoms with van der Waals surface area (Å²) in [5, 5.41) is 0.0719. The third-order valence-corrected chi connectivity index (χ3v) is 6.16. The van der Waals surface area contributed by atoms with E-state index in [2.05, 4.69) is 9.72 Å². The van der Waals surface area contributed by atoms with E-state index >= 15 is 0 Å². The third-order valence-electron chi connectivity index (χ3n) is 4.45. The molecule has 2 N–H and O–H groups in total. The molecule has 2 aromatic carbocycles. The second-order valence-electron chi connectivity index (χ2n) is 7.99. The zero-order chi connectivity index (χ0) is 27.4. The Hall–Kier alpha value is -2.03. The molecule has 202 valence electrons. The number of nitrogens with zero attached hydrogens (tertiary/aromatic N) is 2. The largest absolute Gasteiger partial charge is 1.00 e. The van der Waals surface area contributed by atoms with Crippen LogP contribution in [0.3, 0.4) is 0 Å². The van der Waals surface area contributed by atoms with Crippen molar-refractivity contribution in [1.82, 2.24) is 9.55 Å². The Morgan fingerprint density at radius 1 is 1.11 bits per heavy atom. The minimum Gasteiger partial charge on any atom is -1.00 e. The molecule has 0 spiro atoms. The molecule has 0 aliphatic carbocycles. The predicted molar refractivity (Wildman–Crippen MR) is 127 cm³/mol. The first-order valence-corrected chi connectivity index (χ1v) is 12.7. The van der Waals surface area contributed by atoms with Gasteiger partial charge in [0.1, 0.15) is 18.0 Å². The summed E-state index contributed by atoms with van der Waals surface area (Å²) in [6.45, 7) is 2.68. The normalized spacial score (nSPS) is 12.0. The summed E-state index contributed by atoms with van der Waals surface area (Å²) in [5.41, 5.74) is -1.40. The van der Waals surface area contributed by atoms with E-state index in [-0.39, 0.29) is 59.9 Å². The smallest absolute Gasteiger partial charge is 1.00 e. The fourth-order valence-corrected chi connectivity index (χ4v) is 4.50. The molecule has 38 heavy (non-hydrogen) atoms. The predicted octanol–water partition coefficient (Wildman–Crippen LogP) is 1.67. The molecule has 0 aliphatic rings. The Kier molecular flexibility index (Phi) is 10.9. The van der Waals surface area contributed by atoms with Crippen LogP contribution in [0.15, 0.2) is 69.6 Å². The standard InChI is InChI=1S/C22H22F3N2O8PS.Na.H/c1-21(2,35-36(29,30)31)13-33-17-9-4-14(12-18(17)32-3)27-11-10-26-19(20(27)28)37-16-7-5-15(6-8-16)34-22(23,24)25;;/h4-12H,13H2,1-3H3,(H2,29,30,31);;/q;+1;-1. The summed E-state index contributed by atoms with van der Waals surface area (Å²) in [6.07, 6.45) is -1.99. The maximum Gasteiger partial charge on any atom is 1.00 e. The van der Waals surface area contributed by atoms with Crippen LogP contribution in [0.4, 0.5) is 13.2 Å². The van der Waals surface area contributed by atoms with E-state index in [0.29, 0.717) is 10.6 Å². The zero-order valence-electron chi connectivity index (χ0n) is 21.6. The number of methoxy groups -OCH3 is 1. The quantitative estimate of drug-likeness (QED) is 0.268. The molecule has 0 amide bonds. The first-order chi connectivity index (χ1) is 17.2. The van der Waals surface area contributed by atoms with Gasteiger partial charge in [0.2, 0.25) is 0 Å². The number of alkyl halides is 3. The third kappa shape index (κ3) is 9.62. The number of hydrogen-bond donors (Lipinski definition) is 2. The van der Waals surface area contributed by atoms with Gasteiger partial charge in [-0.1, -0.05) is 11.8 Å². The molecule has 0 saturated heterocycles. The fraction of sp³-hybridized carbons (Fsp3) is 0.273. The van der Waals surface area contributed by atoms with Crippen molar-refractivity contribution in [3.8, 4) is 22.9 Å². The SMILES string of the molecule is COc1cc(-n2ccnc(Sc3ccc(OC(F)(F)F)cc3)c2=O)ccc1OCC(C)(C)OP(=O)(O)O.[H-].[Na+]. The molecule has 0 atom stereocenters. The molecule has 3 rings (SSSR count). The Bertz CT molecular complexity index is 1360. The van der Waals surface area contributed by atoms with Gasteiger partial charge in [0.05, 0.1) is 12.8 Å². The monoisotopic (exact) mass is 586 g/mol. The molecule has 0 unspecified atom stereocenters. The van der Waals surface area contributed by atoms with Crippen molar-refractivity contribution in [3.05, 3.63) is 65.2 Å². The second-order valence-corrected chi connectivity index (χ2v) is 10.2. The molecule has 0 radical (unpaired) electrons. The molecule has 1 aromatic heterocycles. The summed E-state index contributed by atoms with van der Waals surface area (Å²) >= 11 is 0.963. The molecule has 0 fully saturated rings. The van der Waals surface area contributed by atoms with Gasteiger partial charge in [-0.2, -0.15) is 0 Å². The number of aromatic nitrogens is 2. The van der Waals surface area contributed by atoms with Gasteiger partial charge in [-0.25, -0.2) is 9.55 Å². The Balaban J connectivity index is 0.00000380. The average molecular weight is 586 g/mol. The van der Waals surface area contributed by atoms with Gasteiger partial charge in [-0.3, -0.25) is 13.9 Å². The van der Waals surface area contributed by atoms with Gasteiger partial charge in [0.15, 0.2) is 16.5 Å². The van der Waals surface area contributed by atoms with Gasteiger partial charge in [0, 0.05) is 23.4 Å². The number of phosphoric acid groups is 1. The van der Waals surface area contributed by atoms with E-state index in [1.54, 1.807) is 6.07 Å². The molecule has 0 bridgehead atoms. The van der Waals surface area contributed by atoms with E-state index < -0.39 is 25.3 Å². The van der Waals surface area contributed by atoms with Gasteiger partial charge in [-0.05, 0) is 50.2 Å². The molecule has 10 nitrogen and oxygen atoms in total. The van der Waals surface area contributed by atoms with E-state index in [0.717, 1.165) is 23.9 Å². The van der Waals surface area contributed by atoms with Crippen molar-refractivity contribution in [3.63, 3.8) is 0 Å². The van der Waals surface area contributed by atoms with E-state index in [1.807, 2.05) is 0 Å². The minimum absolute atomic E-state index is 0. The van der Waals surface area contributed by atoms with Gasteiger partial charge >= 0.3 is 43.7 Å². The first kappa shape index (κ1) is 32.2. The molecule has 0 aliphatic heterocycles. The van der Waals surface area contributed by atoms with Crippen LogP contribution in [0.25, 0.3) is 5.69 Å². The van der Waals surface area contributed by atoms with Crippen molar-refractivity contribution < 1.29 is 77.2 Å². The molecule has 16 heteroatoms. The number of phosphoric ester groups is 1. The molecule has 1 heterocycles.